The fraction of sp³-hybridized carbons (Fsp3) is 0.0769. The van der Waals surface area contributed by atoms with Crippen LogP contribution in [0.25, 0.3) is 0 Å². The molecule has 5 heteroatoms. The molecular weight excluding hydrogens is 241 g/mol. The molecule has 0 fully saturated rings. The van der Waals surface area contributed by atoms with Crippen molar-refractivity contribution in [2.45, 2.75) is 6.54 Å². The van der Waals surface area contributed by atoms with Gasteiger partial charge in [0.15, 0.2) is 11.6 Å². The highest BCUT2D eigenvalue weighted by molar-refractivity contribution is 5.66. The minimum absolute atomic E-state index is 0.155. The van der Waals surface area contributed by atoms with Crippen LogP contribution >= 0.6 is 0 Å². The molecule has 0 aromatic heterocycles. The normalized spacial score (nSPS) is 10.4. The fourth-order valence-electron chi connectivity index (χ4n) is 1.57. The van der Waals surface area contributed by atoms with Crippen molar-refractivity contribution in [1.29, 1.82) is 0 Å². The third-order valence-electron chi connectivity index (χ3n) is 2.50. The number of nitrogens with two attached hydrogens (primary N) is 1. The first-order chi connectivity index (χ1) is 8.58. The van der Waals surface area contributed by atoms with Gasteiger partial charge in [-0.2, -0.15) is 0 Å². The molecule has 0 unspecified atom stereocenters. The summed E-state index contributed by atoms with van der Waals surface area (Å²) >= 11 is 0. The summed E-state index contributed by atoms with van der Waals surface area (Å²) in [7, 11) is 0. The maximum Gasteiger partial charge on any atom is 0.159 e. The summed E-state index contributed by atoms with van der Waals surface area (Å²) < 4.78 is 39.1. The van der Waals surface area contributed by atoms with E-state index in [9.17, 15) is 13.2 Å². The minimum atomic E-state index is -0.934. The topological polar surface area (TPSA) is 38.0 Å². The van der Waals surface area contributed by atoms with E-state index in [1.165, 1.54) is 18.2 Å². The van der Waals surface area contributed by atoms with Crippen molar-refractivity contribution in [3.05, 3.63) is 59.4 Å². The minimum Gasteiger partial charge on any atom is -0.397 e. The second-order valence-electron chi connectivity index (χ2n) is 3.81. The van der Waals surface area contributed by atoms with Gasteiger partial charge in [-0.15, -0.1) is 0 Å². The summed E-state index contributed by atoms with van der Waals surface area (Å²) in [6.07, 6.45) is 0. The number of nitrogens with one attached hydrogen (secondary N) is 1. The van der Waals surface area contributed by atoms with Gasteiger partial charge in [-0.3, -0.25) is 0 Å². The number of halogens is 3. The first-order valence-corrected chi connectivity index (χ1v) is 5.29. The first-order valence-electron chi connectivity index (χ1n) is 5.29. The smallest absolute Gasteiger partial charge is 0.159 e. The molecule has 2 aromatic rings. The Morgan fingerprint density at radius 3 is 2.39 bits per heavy atom. The Labute approximate surface area is 102 Å². The molecule has 2 nitrogen and oxygen atoms in total. The molecule has 0 spiro atoms. The van der Waals surface area contributed by atoms with Gasteiger partial charge in [0.25, 0.3) is 0 Å². The lowest BCUT2D eigenvalue weighted by Gasteiger charge is -2.10. The lowest BCUT2D eigenvalue weighted by Crippen LogP contribution is -2.05. The zero-order valence-electron chi connectivity index (χ0n) is 9.38. The molecule has 0 aliphatic rings. The second kappa shape index (κ2) is 5.00. The number of para-hydroxylation sites is 1. The van der Waals surface area contributed by atoms with Crippen molar-refractivity contribution >= 4 is 11.4 Å². The molecule has 0 saturated carbocycles. The first kappa shape index (κ1) is 12.3. The van der Waals surface area contributed by atoms with Crippen LogP contribution in [0.4, 0.5) is 24.5 Å². The number of rotatable bonds is 3. The molecule has 0 atom stereocenters. The quantitative estimate of drug-likeness (QED) is 0.822. The molecule has 0 saturated heterocycles. The highest BCUT2D eigenvalue weighted by Gasteiger charge is 2.06. The molecule has 2 aromatic carbocycles. The van der Waals surface area contributed by atoms with E-state index in [4.69, 9.17) is 5.73 Å². The van der Waals surface area contributed by atoms with Crippen LogP contribution < -0.4 is 11.1 Å². The highest BCUT2D eigenvalue weighted by Crippen LogP contribution is 2.22. The van der Waals surface area contributed by atoms with Crippen LogP contribution in [0, 0.1) is 17.5 Å². The van der Waals surface area contributed by atoms with E-state index in [2.05, 4.69) is 5.32 Å². The van der Waals surface area contributed by atoms with Gasteiger partial charge in [0.05, 0.1) is 11.4 Å². The summed E-state index contributed by atoms with van der Waals surface area (Å²) in [5.41, 5.74) is 6.52. The second-order valence-corrected chi connectivity index (χ2v) is 3.81. The largest absolute Gasteiger partial charge is 0.397 e. The standard InChI is InChI=1S/C13H11F3N2/c14-9-5-4-8(6-11(9)16)7-18-13-10(15)2-1-3-12(13)17/h1-6,18H,7,17H2. The Morgan fingerprint density at radius 2 is 1.72 bits per heavy atom. The van der Waals surface area contributed by atoms with E-state index in [1.54, 1.807) is 6.07 Å². The van der Waals surface area contributed by atoms with Crippen molar-refractivity contribution in [2.24, 2.45) is 0 Å². The number of nitrogen functional groups attached to an aromatic ring is 1. The number of benzene rings is 2. The van der Waals surface area contributed by atoms with Gasteiger partial charge in [0.2, 0.25) is 0 Å². The molecule has 0 amide bonds. The third-order valence-corrected chi connectivity index (χ3v) is 2.50. The molecule has 0 heterocycles. The van der Waals surface area contributed by atoms with Gasteiger partial charge >= 0.3 is 0 Å². The van der Waals surface area contributed by atoms with Crippen molar-refractivity contribution in [3.63, 3.8) is 0 Å². The van der Waals surface area contributed by atoms with Crippen LogP contribution in [-0.4, -0.2) is 0 Å². The average Bonchev–Trinajstić information content (AvgIpc) is 2.33. The third kappa shape index (κ3) is 2.56. The summed E-state index contributed by atoms with van der Waals surface area (Å²) in [4.78, 5) is 0. The Kier molecular flexibility index (Phi) is 3.41. The van der Waals surface area contributed by atoms with Crippen LogP contribution in [0.15, 0.2) is 36.4 Å². The Morgan fingerprint density at radius 1 is 0.944 bits per heavy atom. The lowest BCUT2D eigenvalue weighted by molar-refractivity contribution is 0.507. The van der Waals surface area contributed by atoms with Gasteiger partial charge in [0.1, 0.15) is 5.82 Å². The number of anilines is 2. The van der Waals surface area contributed by atoms with Gasteiger partial charge in [-0.1, -0.05) is 12.1 Å². The highest BCUT2D eigenvalue weighted by atomic mass is 19.2. The van der Waals surface area contributed by atoms with Gasteiger partial charge in [-0.05, 0) is 29.8 Å². The van der Waals surface area contributed by atoms with Gasteiger partial charge in [-0.25, -0.2) is 13.2 Å². The average molecular weight is 252 g/mol. The van der Waals surface area contributed by atoms with E-state index < -0.39 is 17.5 Å². The molecule has 0 aliphatic heterocycles. The van der Waals surface area contributed by atoms with Crippen molar-refractivity contribution in [3.8, 4) is 0 Å². The van der Waals surface area contributed by atoms with Gasteiger partial charge < -0.3 is 11.1 Å². The monoisotopic (exact) mass is 252 g/mol. The molecule has 0 aliphatic carbocycles. The van der Waals surface area contributed by atoms with E-state index >= 15 is 0 Å². The van der Waals surface area contributed by atoms with Crippen molar-refractivity contribution < 1.29 is 13.2 Å². The molecule has 2 rings (SSSR count). The predicted octanol–water partition coefficient (Wildman–Crippen LogP) is 3.30. The zero-order chi connectivity index (χ0) is 13.1. The van der Waals surface area contributed by atoms with Crippen molar-refractivity contribution in [1.82, 2.24) is 0 Å². The van der Waals surface area contributed by atoms with E-state index in [-0.39, 0.29) is 17.9 Å². The molecule has 94 valence electrons. The number of hydrogen-bond donors (Lipinski definition) is 2. The lowest BCUT2D eigenvalue weighted by atomic mass is 10.2. The van der Waals surface area contributed by atoms with Crippen LogP contribution in [-0.2, 0) is 6.54 Å². The maximum absolute atomic E-state index is 13.4. The Bertz CT molecular complexity index is 550. The summed E-state index contributed by atoms with van der Waals surface area (Å²) in [5.74, 6) is -2.34. The zero-order valence-corrected chi connectivity index (χ0v) is 9.38. The Hall–Kier alpha value is -2.17. The van der Waals surface area contributed by atoms with E-state index in [0.717, 1.165) is 12.1 Å². The van der Waals surface area contributed by atoms with E-state index in [1.807, 2.05) is 0 Å². The molecule has 0 bridgehead atoms. The Balaban J connectivity index is 2.14. The van der Waals surface area contributed by atoms with Crippen LogP contribution in [0.3, 0.4) is 0 Å². The molecular formula is C13H11F3N2. The van der Waals surface area contributed by atoms with E-state index in [0.29, 0.717) is 5.56 Å². The van der Waals surface area contributed by atoms with Crippen LogP contribution in [0.1, 0.15) is 5.56 Å². The van der Waals surface area contributed by atoms with Crippen LogP contribution in [0.5, 0.6) is 0 Å². The SMILES string of the molecule is Nc1cccc(F)c1NCc1ccc(F)c(F)c1. The summed E-state index contributed by atoms with van der Waals surface area (Å²) in [6.45, 7) is 0.155. The summed E-state index contributed by atoms with van der Waals surface area (Å²) in [5, 5.41) is 2.76. The molecule has 18 heavy (non-hydrogen) atoms. The van der Waals surface area contributed by atoms with Crippen LogP contribution in [0.2, 0.25) is 0 Å². The van der Waals surface area contributed by atoms with Crippen molar-refractivity contribution in [2.75, 3.05) is 11.1 Å². The fourth-order valence-corrected chi connectivity index (χ4v) is 1.57. The summed E-state index contributed by atoms with van der Waals surface area (Å²) in [6, 6.07) is 7.81. The number of hydrogen-bond acceptors (Lipinski definition) is 2. The predicted molar refractivity (Wildman–Crippen MR) is 64.5 cm³/mol. The maximum atomic E-state index is 13.4. The molecule has 0 radical (unpaired) electrons. The van der Waals surface area contributed by atoms with Gasteiger partial charge in [0, 0.05) is 6.54 Å². The molecule has 3 N–H and O–H groups in total.